The van der Waals surface area contributed by atoms with Gasteiger partial charge in [0.25, 0.3) is 0 Å². The van der Waals surface area contributed by atoms with Crippen molar-refractivity contribution in [3.63, 3.8) is 0 Å². The van der Waals surface area contributed by atoms with Crippen molar-refractivity contribution in [2.24, 2.45) is 5.92 Å². The minimum absolute atomic E-state index is 0.0612. The van der Waals surface area contributed by atoms with Crippen molar-refractivity contribution >= 4 is 5.97 Å². The Labute approximate surface area is 106 Å². The lowest BCUT2D eigenvalue weighted by Gasteiger charge is -2.36. The number of allylic oxidation sites excluding steroid dienone is 2. The Bertz CT molecular complexity index is 557. The zero-order chi connectivity index (χ0) is 12.9. The van der Waals surface area contributed by atoms with E-state index in [1.54, 1.807) is 18.2 Å². The van der Waals surface area contributed by atoms with Gasteiger partial charge >= 0.3 is 5.97 Å². The van der Waals surface area contributed by atoms with Gasteiger partial charge in [0, 0.05) is 11.5 Å². The van der Waals surface area contributed by atoms with Crippen LogP contribution in [0.3, 0.4) is 0 Å². The van der Waals surface area contributed by atoms with Crippen LogP contribution in [0.2, 0.25) is 0 Å². The summed E-state index contributed by atoms with van der Waals surface area (Å²) in [5.41, 5.74) is 3.39. The van der Waals surface area contributed by atoms with E-state index in [4.69, 9.17) is 4.74 Å². The first kappa shape index (κ1) is 11.3. The second kappa shape index (κ2) is 3.87. The lowest BCUT2D eigenvalue weighted by Crippen LogP contribution is -2.34. The van der Waals surface area contributed by atoms with Crippen LogP contribution < -0.4 is 4.74 Å². The Morgan fingerprint density at radius 3 is 2.56 bits per heavy atom. The molecule has 0 bridgehead atoms. The number of carbonyl (C=O) groups is 1. The molecule has 3 rings (SSSR count). The monoisotopic (exact) mass is 244 g/mol. The molecule has 1 aliphatic carbocycles. The maximum absolute atomic E-state index is 12.0. The third-order valence-electron chi connectivity index (χ3n) is 4.19. The number of phenols is 1. The molecule has 0 fully saturated rings. The normalized spacial score (nSPS) is 26.4. The standard InChI is InChI=1S/C15H16O3/c1-8-6-10-11(7-9(8)2)15(17)18-13-5-3-4-12(16)14(10)13/h3-5,10-11,16H,6-7H2,1-2H3/t10-,11+/m1/s1. The van der Waals surface area contributed by atoms with Crippen LogP contribution in [0.1, 0.15) is 38.2 Å². The highest BCUT2D eigenvalue weighted by Crippen LogP contribution is 2.50. The number of hydrogen-bond donors (Lipinski definition) is 1. The van der Waals surface area contributed by atoms with Crippen molar-refractivity contribution in [3.8, 4) is 11.5 Å². The summed E-state index contributed by atoms with van der Waals surface area (Å²) in [6, 6.07) is 5.12. The van der Waals surface area contributed by atoms with Crippen molar-refractivity contribution in [1.29, 1.82) is 0 Å². The van der Waals surface area contributed by atoms with Gasteiger partial charge in [0.1, 0.15) is 11.5 Å². The van der Waals surface area contributed by atoms with Gasteiger partial charge in [0.15, 0.2) is 0 Å². The van der Waals surface area contributed by atoms with E-state index in [0.717, 1.165) is 18.4 Å². The second-order valence-corrected chi connectivity index (χ2v) is 5.29. The topological polar surface area (TPSA) is 46.5 Å². The zero-order valence-electron chi connectivity index (χ0n) is 10.6. The highest BCUT2D eigenvalue weighted by molar-refractivity contribution is 5.81. The van der Waals surface area contributed by atoms with E-state index in [0.29, 0.717) is 5.75 Å². The molecule has 1 aliphatic heterocycles. The van der Waals surface area contributed by atoms with Crippen LogP contribution in [0, 0.1) is 5.92 Å². The Kier molecular flexibility index (Phi) is 2.44. The summed E-state index contributed by atoms with van der Waals surface area (Å²) in [6.07, 6.45) is 1.57. The summed E-state index contributed by atoms with van der Waals surface area (Å²) in [7, 11) is 0. The maximum Gasteiger partial charge on any atom is 0.315 e. The van der Waals surface area contributed by atoms with Crippen LogP contribution in [0.5, 0.6) is 11.5 Å². The van der Waals surface area contributed by atoms with E-state index < -0.39 is 0 Å². The summed E-state index contributed by atoms with van der Waals surface area (Å²) in [6.45, 7) is 4.17. The number of benzene rings is 1. The Morgan fingerprint density at radius 1 is 1.17 bits per heavy atom. The van der Waals surface area contributed by atoms with Crippen molar-refractivity contribution in [2.45, 2.75) is 32.6 Å². The predicted octanol–water partition coefficient (Wildman–Crippen LogP) is 3.14. The second-order valence-electron chi connectivity index (χ2n) is 5.29. The van der Waals surface area contributed by atoms with Crippen LogP contribution in [-0.2, 0) is 4.79 Å². The molecule has 0 radical (unpaired) electrons. The first-order valence-electron chi connectivity index (χ1n) is 6.26. The fraction of sp³-hybridized carbons (Fsp3) is 0.400. The van der Waals surface area contributed by atoms with E-state index in [9.17, 15) is 9.90 Å². The molecule has 2 atom stereocenters. The molecule has 0 aromatic heterocycles. The summed E-state index contributed by atoms with van der Waals surface area (Å²) in [4.78, 5) is 12.0. The quantitative estimate of drug-likeness (QED) is 0.433. The van der Waals surface area contributed by atoms with Crippen molar-refractivity contribution in [3.05, 3.63) is 34.9 Å². The molecule has 0 saturated carbocycles. The van der Waals surface area contributed by atoms with Gasteiger partial charge in [-0.25, -0.2) is 0 Å². The first-order valence-corrected chi connectivity index (χ1v) is 6.26. The smallest absolute Gasteiger partial charge is 0.315 e. The fourth-order valence-electron chi connectivity index (χ4n) is 3.02. The highest BCUT2D eigenvalue weighted by Gasteiger charge is 2.41. The number of esters is 1. The van der Waals surface area contributed by atoms with Gasteiger partial charge < -0.3 is 9.84 Å². The average molecular weight is 244 g/mol. The molecule has 1 aromatic carbocycles. The average Bonchev–Trinajstić information content (AvgIpc) is 2.32. The minimum Gasteiger partial charge on any atom is -0.508 e. The molecule has 0 amide bonds. The van der Waals surface area contributed by atoms with E-state index in [2.05, 4.69) is 13.8 Å². The Balaban J connectivity index is 2.13. The number of phenolic OH excluding ortho intramolecular Hbond substituents is 1. The van der Waals surface area contributed by atoms with E-state index >= 15 is 0 Å². The highest BCUT2D eigenvalue weighted by atomic mass is 16.5. The molecule has 1 heterocycles. The lowest BCUT2D eigenvalue weighted by atomic mass is 9.72. The summed E-state index contributed by atoms with van der Waals surface area (Å²) < 4.78 is 5.34. The number of carbonyl (C=O) groups excluding carboxylic acids is 1. The molecule has 0 unspecified atom stereocenters. The lowest BCUT2D eigenvalue weighted by molar-refractivity contribution is -0.141. The number of fused-ring (bicyclic) bond motifs is 3. The van der Waals surface area contributed by atoms with Gasteiger partial charge in [-0.1, -0.05) is 17.2 Å². The maximum atomic E-state index is 12.0. The number of aromatic hydroxyl groups is 1. The molecule has 1 N–H and O–H groups in total. The van der Waals surface area contributed by atoms with Gasteiger partial charge in [-0.15, -0.1) is 0 Å². The van der Waals surface area contributed by atoms with Gasteiger partial charge in [-0.05, 0) is 38.8 Å². The summed E-state index contributed by atoms with van der Waals surface area (Å²) >= 11 is 0. The molecule has 3 nitrogen and oxygen atoms in total. The predicted molar refractivity (Wildman–Crippen MR) is 67.6 cm³/mol. The van der Waals surface area contributed by atoms with Crippen LogP contribution >= 0.6 is 0 Å². The van der Waals surface area contributed by atoms with E-state index in [1.807, 2.05) is 0 Å². The zero-order valence-corrected chi connectivity index (χ0v) is 10.6. The molecule has 0 saturated heterocycles. The molecular formula is C15H16O3. The van der Waals surface area contributed by atoms with Gasteiger partial charge in [-0.2, -0.15) is 0 Å². The minimum atomic E-state index is -0.162. The molecule has 3 heteroatoms. The number of hydrogen-bond acceptors (Lipinski definition) is 3. The number of ether oxygens (including phenoxy) is 1. The summed E-state index contributed by atoms with van der Waals surface area (Å²) in [5.74, 6) is 0.515. The van der Waals surface area contributed by atoms with Crippen molar-refractivity contribution in [2.75, 3.05) is 0 Å². The third kappa shape index (κ3) is 1.54. The third-order valence-corrected chi connectivity index (χ3v) is 4.19. The Hall–Kier alpha value is -1.77. The molecular weight excluding hydrogens is 228 g/mol. The number of rotatable bonds is 0. The van der Waals surface area contributed by atoms with Crippen LogP contribution in [0.25, 0.3) is 0 Å². The molecule has 0 spiro atoms. The Morgan fingerprint density at radius 2 is 1.83 bits per heavy atom. The van der Waals surface area contributed by atoms with E-state index in [-0.39, 0.29) is 23.6 Å². The molecule has 2 aliphatic rings. The molecule has 1 aromatic rings. The molecule has 94 valence electrons. The SMILES string of the molecule is CC1=C(C)C[C@H]2c3c(O)cccc3OC(=O)[C@H]2C1. The summed E-state index contributed by atoms with van der Waals surface area (Å²) in [5, 5.41) is 10.0. The van der Waals surface area contributed by atoms with Gasteiger partial charge in [0.2, 0.25) is 0 Å². The van der Waals surface area contributed by atoms with E-state index in [1.165, 1.54) is 11.1 Å². The van der Waals surface area contributed by atoms with Crippen molar-refractivity contribution < 1.29 is 14.6 Å². The fourth-order valence-corrected chi connectivity index (χ4v) is 3.02. The van der Waals surface area contributed by atoms with Crippen LogP contribution in [-0.4, -0.2) is 11.1 Å². The van der Waals surface area contributed by atoms with Crippen LogP contribution in [0.4, 0.5) is 0 Å². The molecule has 18 heavy (non-hydrogen) atoms. The van der Waals surface area contributed by atoms with Gasteiger partial charge in [0.05, 0.1) is 5.92 Å². The van der Waals surface area contributed by atoms with Crippen molar-refractivity contribution in [1.82, 2.24) is 0 Å². The largest absolute Gasteiger partial charge is 0.508 e. The van der Waals surface area contributed by atoms with Gasteiger partial charge in [-0.3, -0.25) is 4.79 Å². The van der Waals surface area contributed by atoms with Crippen LogP contribution in [0.15, 0.2) is 29.3 Å². The first-order chi connectivity index (χ1) is 8.58.